The van der Waals surface area contributed by atoms with Gasteiger partial charge in [-0.2, -0.15) is 18.3 Å². The smallest absolute Gasteiger partial charge is 0.390 e. The van der Waals surface area contributed by atoms with Crippen LogP contribution in [0.4, 0.5) is 13.2 Å². The van der Waals surface area contributed by atoms with Crippen LogP contribution in [-0.4, -0.2) is 39.0 Å². The second kappa shape index (κ2) is 6.50. The number of hydrogen-bond donors (Lipinski definition) is 0. The van der Waals surface area contributed by atoms with Crippen LogP contribution in [0.15, 0.2) is 36.8 Å². The lowest BCUT2D eigenvalue weighted by Gasteiger charge is -2.07. The Morgan fingerprint density at radius 1 is 1.20 bits per heavy atom. The predicted octanol–water partition coefficient (Wildman–Crippen LogP) is 3.23. The molecule has 25 heavy (non-hydrogen) atoms. The van der Waals surface area contributed by atoms with E-state index in [1.165, 1.54) is 42.5 Å². The molecular formula is C16H13F3N4O2. The summed E-state index contributed by atoms with van der Waals surface area (Å²) in [5, 5.41) is 4.61. The lowest BCUT2D eigenvalue weighted by molar-refractivity contribution is -0.137. The second-order valence-electron chi connectivity index (χ2n) is 5.28. The summed E-state index contributed by atoms with van der Waals surface area (Å²) in [5.74, 6) is -0.496. The largest absolute Gasteiger partial charge is 0.465 e. The van der Waals surface area contributed by atoms with Gasteiger partial charge in [0.25, 0.3) is 0 Å². The number of methoxy groups -OCH3 is 1. The Bertz CT molecular complexity index is 921. The normalized spacial score (nSPS) is 11.7. The van der Waals surface area contributed by atoms with E-state index in [1.807, 2.05) is 0 Å². The van der Waals surface area contributed by atoms with E-state index in [4.69, 9.17) is 0 Å². The SMILES string of the molecule is COC(=O)c1ccnc(-c2cc3cnn(CCC(F)(F)F)c3cn2)c1. The molecule has 0 unspecified atom stereocenters. The molecule has 130 valence electrons. The summed E-state index contributed by atoms with van der Waals surface area (Å²) in [7, 11) is 1.28. The maximum Gasteiger partial charge on any atom is 0.390 e. The van der Waals surface area contributed by atoms with Gasteiger partial charge in [-0.1, -0.05) is 0 Å². The van der Waals surface area contributed by atoms with Gasteiger partial charge in [-0.3, -0.25) is 14.6 Å². The van der Waals surface area contributed by atoms with Gasteiger partial charge in [0.2, 0.25) is 0 Å². The van der Waals surface area contributed by atoms with Crippen LogP contribution < -0.4 is 0 Å². The van der Waals surface area contributed by atoms with Crippen molar-refractivity contribution in [1.82, 2.24) is 19.7 Å². The quantitative estimate of drug-likeness (QED) is 0.676. The molecule has 0 amide bonds. The molecular weight excluding hydrogens is 337 g/mol. The molecule has 0 radical (unpaired) electrons. The molecule has 0 bridgehead atoms. The van der Waals surface area contributed by atoms with Gasteiger partial charge in [-0.25, -0.2) is 4.79 Å². The van der Waals surface area contributed by atoms with Crippen LogP contribution in [0.5, 0.6) is 0 Å². The first-order valence-corrected chi connectivity index (χ1v) is 7.30. The van der Waals surface area contributed by atoms with Gasteiger partial charge in [0.1, 0.15) is 0 Å². The summed E-state index contributed by atoms with van der Waals surface area (Å²) in [6, 6.07) is 4.72. The molecule has 0 N–H and O–H groups in total. The van der Waals surface area contributed by atoms with Crippen molar-refractivity contribution in [1.29, 1.82) is 0 Å². The third-order valence-electron chi connectivity index (χ3n) is 3.58. The molecule has 3 heterocycles. The topological polar surface area (TPSA) is 69.9 Å². The highest BCUT2D eigenvalue weighted by Gasteiger charge is 2.27. The lowest BCUT2D eigenvalue weighted by atomic mass is 10.1. The second-order valence-corrected chi connectivity index (χ2v) is 5.28. The van der Waals surface area contributed by atoms with Crippen molar-refractivity contribution >= 4 is 16.9 Å². The van der Waals surface area contributed by atoms with Gasteiger partial charge in [0, 0.05) is 11.6 Å². The minimum atomic E-state index is -4.25. The van der Waals surface area contributed by atoms with Crippen molar-refractivity contribution in [3.63, 3.8) is 0 Å². The highest BCUT2D eigenvalue weighted by Crippen LogP contribution is 2.24. The average Bonchev–Trinajstić information content (AvgIpc) is 3.01. The third kappa shape index (κ3) is 3.76. The summed E-state index contributed by atoms with van der Waals surface area (Å²) in [5.41, 5.74) is 1.76. The minimum absolute atomic E-state index is 0.274. The predicted molar refractivity (Wildman–Crippen MR) is 82.8 cm³/mol. The molecule has 3 rings (SSSR count). The monoisotopic (exact) mass is 350 g/mol. The summed E-state index contributed by atoms with van der Waals surface area (Å²) in [6.45, 7) is -0.274. The van der Waals surface area contributed by atoms with E-state index in [2.05, 4.69) is 19.8 Å². The molecule has 6 nitrogen and oxygen atoms in total. The highest BCUT2D eigenvalue weighted by atomic mass is 19.4. The molecule has 0 atom stereocenters. The van der Waals surface area contributed by atoms with Crippen LogP contribution in [-0.2, 0) is 11.3 Å². The van der Waals surface area contributed by atoms with Crippen molar-refractivity contribution in [2.45, 2.75) is 19.1 Å². The van der Waals surface area contributed by atoms with Gasteiger partial charge in [0.15, 0.2) is 0 Å². The first-order valence-electron chi connectivity index (χ1n) is 7.30. The maximum atomic E-state index is 12.4. The molecule has 0 aliphatic heterocycles. The number of aromatic nitrogens is 4. The van der Waals surface area contributed by atoms with Crippen LogP contribution >= 0.6 is 0 Å². The van der Waals surface area contributed by atoms with Crippen molar-refractivity contribution in [2.24, 2.45) is 0 Å². The van der Waals surface area contributed by atoms with Crippen molar-refractivity contribution in [2.75, 3.05) is 7.11 Å². The van der Waals surface area contributed by atoms with Crippen LogP contribution in [0.3, 0.4) is 0 Å². The number of carbonyl (C=O) groups is 1. The molecule has 0 aliphatic rings. The summed E-state index contributed by atoms with van der Waals surface area (Å²) >= 11 is 0. The number of halogens is 3. The Morgan fingerprint density at radius 3 is 2.68 bits per heavy atom. The molecule has 3 aromatic rings. The Kier molecular flexibility index (Phi) is 4.39. The van der Waals surface area contributed by atoms with Crippen LogP contribution in [0.1, 0.15) is 16.8 Å². The lowest BCUT2D eigenvalue weighted by Crippen LogP contribution is -2.12. The molecule has 0 saturated heterocycles. The van der Waals surface area contributed by atoms with Crippen LogP contribution in [0, 0.1) is 0 Å². The van der Waals surface area contributed by atoms with E-state index in [0.29, 0.717) is 27.9 Å². The number of aryl methyl sites for hydroxylation is 1. The number of rotatable bonds is 4. The highest BCUT2D eigenvalue weighted by molar-refractivity contribution is 5.90. The standard InChI is InChI=1S/C16H13F3N4O2/c1-25-15(24)10-2-4-20-12(6-10)13-7-11-8-22-23(14(11)9-21-13)5-3-16(17,18)19/h2,4,6-9H,3,5H2,1H3. The molecule has 9 heteroatoms. The number of carbonyl (C=O) groups excluding carboxylic acids is 1. The molecule has 0 fully saturated rings. The van der Waals surface area contributed by atoms with Gasteiger partial charge < -0.3 is 4.74 Å². The maximum absolute atomic E-state index is 12.4. The van der Waals surface area contributed by atoms with E-state index in [9.17, 15) is 18.0 Å². The first kappa shape index (κ1) is 16.9. The van der Waals surface area contributed by atoms with Crippen LogP contribution in [0.2, 0.25) is 0 Å². The van der Waals surface area contributed by atoms with E-state index < -0.39 is 18.6 Å². The Morgan fingerprint density at radius 2 is 1.96 bits per heavy atom. The summed E-state index contributed by atoms with van der Waals surface area (Å²) in [6.07, 6.45) is -0.833. The fraction of sp³-hybridized carbons (Fsp3) is 0.250. The molecule has 0 aliphatic carbocycles. The minimum Gasteiger partial charge on any atom is -0.465 e. The fourth-order valence-electron chi connectivity index (χ4n) is 2.34. The van der Waals surface area contributed by atoms with Crippen LogP contribution in [0.25, 0.3) is 22.3 Å². The van der Waals surface area contributed by atoms with Gasteiger partial charge in [0.05, 0.1) is 54.9 Å². The number of nitrogens with zero attached hydrogens (tertiary/aromatic N) is 4. The first-order chi connectivity index (χ1) is 11.9. The number of fused-ring (bicyclic) bond motifs is 1. The summed E-state index contributed by atoms with van der Waals surface area (Å²) in [4.78, 5) is 20.0. The Labute approximate surface area is 140 Å². The number of pyridine rings is 2. The zero-order valence-corrected chi connectivity index (χ0v) is 13.1. The van der Waals surface area contributed by atoms with E-state index >= 15 is 0 Å². The molecule has 3 aromatic heterocycles. The third-order valence-corrected chi connectivity index (χ3v) is 3.58. The van der Waals surface area contributed by atoms with Gasteiger partial charge in [-0.15, -0.1) is 0 Å². The Balaban J connectivity index is 1.91. The number of alkyl halides is 3. The number of esters is 1. The van der Waals surface area contributed by atoms with Crippen molar-refractivity contribution in [3.8, 4) is 11.4 Å². The van der Waals surface area contributed by atoms with E-state index in [-0.39, 0.29) is 6.54 Å². The zero-order valence-electron chi connectivity index (χ0n) is 13.1. The zero-order chi connectivity index (χ0) is 18.0. The van der Waals surface area contributed by atoms with E-state index in [1.54, 1.807) is 6.07 Å². The van der Waals surface area contributed by atoms with Gasteiger partial charge >= 0.3 is 12.1 Å². The molecule has 0 saturated carbocycles. The summed E-state index contributed by atoms with van der Waals surface area (Å²) < 4.78 is 43.0. The Hall–Kier alpha value is -2.97. The fourth-order valence-corrected chi connectivity index (χ4v) is 2.34. The molecule has 0 aromatic carbocycles. The van der Waals surface area contributed by atoms with E-state index in [0.717, 1.165) is 0 Å². The van der Waals surface area contributed by atoms with Gasteiger partial charge in [-0.05, 0) is 18.2 Å². The number of ether oxygens (including phenoxy) is 1. The number of hydrogen-bond acceptors (Lipinski definition) is 5. The average molecular weight is 350 g/mol. The van der Waals surface area contributed by atoms with Crippen molar-refractivity contribution in [3.05, 3.63) is 42.4 Å². The molecule has 0 spiro atoms. The van der Waals surface area contributed by atoms with Crippen molar-refractivity contribution < 1.29 is 22.7 Å².